The van der Waals surface area contributed by atoms with Crippen LogP contribution in [0.5, 0.6) is 0 Å². The van der Waals surface area contributed by atoms with Gasteiger partial charge in [-0.25, -0.2) is 4.68 Å². The first-order chi connectivity index (χ1) is 14.2. The van der Waals surface area contributed by atoms with Gasteiger partial charge in [-0.15, -0.1) is 0 Å². The number of likely N-dealkylation sites (tertiary alicyclic amines) is 1. The summed E-state index contributed by atoms with van der Waals surface area (Å²) in [5, 5.41) is 4.13. The molecule has 0 bridgehead atoms. The number of rotatable bonds is 3. The predicted molar refractivity (Wildman–Crippen MR) is 106 cm³/mol. The highest BCUT2D eigenvalue weighted by atomic mass is 19.4. The summed E-state index contributed by atoms with van der Waals surface area (Å²) < 4.78 is 43.6. The van der Waals surface area contributed by atoms with E-state index in [2.05, 4.69) is 5.10 Å². The highest BCUT2D eigenvalue weighted by molar-refractivity contribution is 5.86. The molecule has 1 aliphatic rings. The molecule has 3 heterocycles. The number of aromatic nitrogens is 3. The Morgan fingerprint density at radius 2 is 1.73 bits per heavy atom. The van der Waals surface area contributed by atoms with Gasteiger partial charge in [-0.3, -0.25) is 14.2 Å². The standard InChI is InChI=1S/C21H21F3N4O2/c1-13-5-7-15(8-6-13)28-20-19(14(2)25-28)16(21(22,23)24)11-17(29)27(20)12-18(30)26-9-3-4-10-26/h5-8,11H,3-4,9-10,12H2,1-2H3. The molecule has 6 nitrogen and oxygen atoms in total. The minimum Gasteiger partial charge on any atom is -0.341 e. The molecule has 3 aromatic rings. The second-order valence-corrected chi connectivity index (χ2v) is 7.60. The third-order valence-corrected chi connectivity index (χ3v) is 5.43. The molecular formula is C21H21F3N4O2. The lowest BCUT2D eigenvalue weighted by Crippen LogP contribution is -2.35. The maximum Gasteiger partial charge on any atom is 0.417 e. The number of benzene rings is 1. The summed E-state index contributed by atoms with van der Waals surface area (Å²) in [4.78, 5) is 27.1. The quantitative estimate of drug-likeness (QED) is 0.655. The third kappa shape index (κ3) is 3.48. The smallest absolute Gasteiger partial charge is 0.341 e. The number of carbonyl (C=O) groups is 1. The molecule has 0 atom stereocenters. The molecule has 1 amide bonds. The van der Waals surface area contributed by atoms with Gasteiger partial charge in [0.25, 0.3) is 5.56 Å². The molecule has 0 aliphatic carbocycles. The molecule has 1 saturated heterocycles. The molecular weight excluding hydrogens is 397 g/mol. The molecule has 0 radical (unpaired) electrons. The first-order valence-electron chi connectivity index (χ1n) is 9.72. The van der Waals surface area contributed by atoms with Crippen molar-refractivity contribution in [2.75, 3.05) is 13.1 Å². The van der Waals surface area contributed by atoms with E-state index >= 15 is 0 Å². The number of hydrogen-bond donors (Lipinski definition) is 0. The Morgan fingerprint density at radius 1 is 1.10 bits per heavy atom. The highest BCUT2D eigenvalue weighted by Crippen LogP contribution is 2.36. The Balaban J connectivity index is 1.98. The van der Waals surface area contributed by atoms with Gasteiger partial charge in [-0.05, 0) is 38.8 Å². The van der Waals surface area contributed by atoms with Crippen molar-refractivity contribution in [2.24, 2.45) is 0 Å². The van der Waals surface area contributed by atoms with Crippen LogP contribution in [0.2, 0.25) is 0 Å². The summed E-state index contributed by atoms with van der Waals surface area (Å²) in [5.74, 6) is -0.287. The molecule has 9 heteroatoms. The van der Waals surface area contributed by atoms with Crippen molar-refractivity contribution in [3.05, 3.63) is 57.5 Å². The number of halogens is 3. The normalized spacial score (nSPS) is 14.6. The maximum absolute atomic E-state index is 13.7. The molecule has 158 valence electrons. The van der Waals surface area contributed by atoms with Crippen molar-refractivity contribution in [1.82, 2.24) is 19.2 Å². The number of nitrogens with zero attached hydrogens (tertiary/aromatic N) is 4. The fourth-order valence-electron chi connectivity index (χ4n) is 3.90. The van der Waals surface area contributed by atoms with Gasteiger partial charge in [0, 0.05) is 19.2 Å². The van der Waals surface area contributed by atoms with Crippen LogP contribution in [-0.4, -0.2) is 38.2 Å². The zero-order chi connectivity index (χ0) is 21.6. The number of alkyl halides is 3. The van der Waals surface area contributed by atoms with Crippen LogP contribution in [0.1, 0.15) is 29.7 Å². The van der Waals surface area contributed by atoms with E-state index in [-0.39, 0.29) is 29.2 Å². The van der Waals surface area contributed by atoms with E-state index < -0.39 is 17.3 Å². The van der Waals surface area contributed by atoms with Gasteiger partial charge in [0.05, 0.1) is 22.3 Å². The summed E-state index contributed by atoms with van der Waals surface area (Å²) in [6.45, 7) is 4.22. The van der Waals surface area contributed by atoms with Crippen LogP contribution in [0.3, 0.4) is 0 Å². The Morgan fingerprint density at radius 3 is 2.33 bits per heavy atom. The summed E-state index contributed by atoms with van der Waals surface area (Å²) in [6, 6.07) is 7.62. The summed E-state index contributed by atoms with van der Waals surface area (Å²) in [6.07, 6.45) is -2.96. The maximum atomic E-state index is 13.7. The topological polar surface area (TPSA) is 60.1 Å². The molecule has 1 fully saturated rings. The number of carbonyl (C=O) groups excluding carboxylic acids is 1. The van der Waals surface area contributed by atoms with Crippen LogP contribution in [0.15, 0.2) is 35.1 Å². The first kappa shape index (κ1) is 20.2. The second-order valence-electron chi connectivity index (χ2n) is 7.60. The fraction of sp³-hybridized carbons (Fsp3) is 0.381. The summed E-state index contributed by atoms with van der Waals surface area (Å²) in [7, 11) is 0. The van der Waals surface area contributed by atoms with Gasteiger partial charge in [0.15, 0.2) is 0 Å². The molecule has 30 heavy (non-hydrogen) atoms. The molecule has 1 aromatic carbocycles. The van der Waals surface area contributed by atoms with E-state index in [0.29, 0.717) is 24.8 Å². The minimum absolute atomic E-state index is 0.0243. The fourth-order valence-corrected chi connectivity index (χ4v) is 3.90. The molecule has 0 saturated carbocycles. The zero-order valence-corrected chi connectivity index (χ0v) is 16.7. The predicted octanol–water partition coefficient (Wildman–Crippen LogP) is 3.45. The average Bonchev–Trinajstić information content (AvgIpc) is 3.32. The van der Waals surface area contributed by atoms with Gasteiger partial charge in [-0.2, -0.15) is 18.3 Å². The van der Waals surface area contributed by atoms with Crippen molar-refractivity contribution < 1.29 is 18.0 Å². The molecule has 2 aromatic heterocycles. The Hall–Kier alpha value is -3.10. The molecule has 0 N–H and O–H groups in total. The third-order valence-electron chi connectivity index (χ3n) is 5.43. The number of pyridine rings is 1. The van der Waals surface area contributed by atoms with E-state index in [1.54, 1.807) is 17.0 Å². The largest absolute Gasteiger partial charge is 0.417 e. The van der Waals surface area contributed by atoms with Gasteiger partial charge in [0.1, 0.15) is 12.2 Å². The van der Waals surface area contributed by atoms with Crippen LogP contribution in [0.4, 0.5) is 13.2 Å². The number of fused-ring (bicyclic) bond motifs is 1. The van der Waals surface area contributed by atoms with Crippen LogP contribution < -0.4 is 5.56 Å². The van der Waals surface area contributed by atoms with E-state index in [9.17, 15) is 22.8 Å². The Labute approximate surface area is 170 Å². The van der Waals surface area contributed by atoms with Crippen LogP contribution in [0.25, 0.3) is 16.7 Å². The minimum atomic E-state index is -4.72. The monoisotopic (exact) mass is 418 g/mol. The lowest BCUT2D eigenvalue weighted by Gasteiger charge is -2.18. The SMILES string of the molecule is Cc1ccc(-n2nc(C)c3c(C(F)(F)F)cc(=O)n(CC(=O)N4CCCC4)c32)cc1. The van der Waals surface area contributed by atoms with Crippen molar-refractivity contribution in [1.29, 1.82) is 0 Å². The van der Waals surface area contributed by atoms with Crippen molar-refractivity contribution in [2.45, 2.75) is 39.4 Å². The van der Waals surface area contributed by atoms with Crippen LogP contribution >= 0.6 is 0 Å². The van der Waals surface area contributed by atoms with Gasteiger partial charge >= 0.3 is 6.18 Å². The number of aryl methyl sites for hydroxylation is 2. The second kappa shape index (κ2) is 7.30. The first-order valence-corrected chi connectivity index (χ1v) is 9.72. The zero-order valence-electron chi connectivity index (χ0n) is 16.7. The lowest BCUT2D eigenvalue weighted by atomic mass is 10.1. The Kier molecular flexibility index (Phi) is 4.91. The summed E-state index contributed by atoms with van der Waals surface area (Å²) in [5.41, 5.74) is -0.313. The van der Waals surface area contributed by atoms with Crippen LogP contribution in [0, 0.1) is 13.8 Å². The number of amides is 1. The molecule has 0 unspecified atom stereocenters. The van der Waals surface area contributed by atoms with E-state index in [4.69, 9.17) is 0 Å². The van der Waals surface area contributed by atoms with E-state index in [1.807, 2.05) is 19.1 Å². The van der Waals surface area contributed by atoms with E-state index in [1.165, 1.54) is 11.6 Å². The van der Waals surface area contributed by atoms with Crippen LogP contribution in [-0.2, 0) is 17.5 Å². The Bertz CT molecular complexity index is 1170. The van der Waals surface area contributed by atoms with Gasteiger partial charge < -0.3 is 4.90 Å². The van der Waals surface area contributed by atoms with E-state index in [0.717, 1.165) is 23.0 Å². The van der Waals surface area contributed by atoms with Gasteiger partial charge in [0.2, 0.25) is 5.91 Å². The summed E-state index contributed by atoms with van der Waals surface area (Å²) >= 11 is 0. The number of hydrogen-bond acceptors (Lipinski definition) is 3. The average molecular weight is 418 g/mol. The lowest BCUT2D eigenvalue weighted by molar-refractivity contribution is -0.136. The van der Waals surface area contributed by atoms with Crippen molar-refractivity contribution in [3.63, 3.8) is 0 Å². The molecule has 4 rings (SSSR count). The van der Waals surface area contributed by atoms with Gasteiger partial charge in [-0.1, -0.05) is 17.7 Å². The van der Waals surface area contributed by atoms with Crippen molar-refractivity contribution >= 4 is 16.9 Å². The highest BCUT2D eigenvalue weighted by Gasteiger charge is 2.36. The molecule has 0 spiro atoms. The molecule has 1 aliphatic heterocycles. The van der Waals surface area contributed by atoms with Crippen molar-refractivity contribution in [3.8, 4) is 5.69 Å².